The monoisotopic (exact) mass is 226 g/mol. The van der Waals surface area contributed by atoms with Gasteiger partial charge < -0.3 is 0 Å². The Hall–Kier alpha value is -0.770. The first-order valence-corrected chi connectivity index (χ1v) is 6.34. The maximum absolute atomic E-state index is 11.5. The summed E-state index contributed by atoms with van der Waals surface area (Å²) in [6, 6.07) is 0. The maximum atomic E-state index is 11.5. The molecule has 15 heavy (non-hydrogen) atoms. The Labute approximate surface area is 95.2 Å². The molecule has 0 N–H and O–H groups in total. The fourth-order valence-electron chi connectivity index (χ4n) is 1.48. The predicted octanol–water partition coefficient (Wildman–Crippen LogP) is 3.01. The van der Waals surface area contributed by atoms with Crippen molar-refractivity contribution in [2.45, 2.75) is 51.9 Å². The van der Waals surface area contributed by atoms with E-state index in [1.165, 1.54) is 25.7 Å². The van der Waals surface area contributed by atoms with E-state index in [-0.39, 0.29) is 0 Å². The molecular formula is C11H18N2OS. The fraction of sp³-hybridized carbons (Fsp3) is 0.727. The zero-order chi connectivity index (χ0) is 10.9. The summed E-state index contributed by atoms with van der Waals surface area (Å²) < 4.78 is 7.90. The minimum Gasteiger partial charge on any atom is -0.299 e. The fourth-order valence-corrected chi connectivity index (χ4v) is 1.91. The summed E-state index contributed by atoms with van der Waals surface area (Å²) in [5, 5.41) is 0. The second-order valence-electron chi connectivity index (χ2n) is 3.78. The second kappa shape index (κ2) is 7.51. The Morgan fingerprint density at radius 1 is 1.33 bits per heavy atom. The molecule has 1 heterocycles. The minimum atomic E-state index is 0.291. The van der Waals surface area contributed by atoms with Gasteiger partial charge in [0.15, 0.2) is 0 Å². The van der Waals surface area contributed by atoms with Gasteiger partial charge in [0, 0.05) is 6.42 Å². The van der Waals surface area contributed by atoms with E-state index in [0.29, 0.717) is 18.6 Å². The van der Waals surface area contributed by atoms with Crippen LogP contribution in [0.15, 0.2) is 6.20 Å². The highest BCUT2D eigenvalue weighted by molar-refractivity contribution is 6.99. The number of nitrogens with zero attached hydrogens (tertiary/aromatic N) is 2. The van der Waals surface area contributed by atoms with Crippen LogP contribution in [-0.2, 0) is 11.2 Å². The number of aromatic nitrogens is 2. The number of ketones is 1. The molecule has 1 rings (SSSR count). The quantitative estimate of drug-likeness (QED) is 0.640. The zero-order valence-corrected chi connectivity index (χ0v) is 10.1. The van der Waals surface area contributed by atoms with Crippen molar-refractivity contribution in [1.29, 1.82) is 0 Å². The lowest BCUT2D eigenvalue weighted by atomic mass is 10.1. The van der Waals surface area contributed by atoms with Crippen molar-refractivity contribution in [3.8, 4) is 0 Å². The van der Waals surface area contributed by atoms with Crippen molar-refractivity contribution in [3.05, 3.63) is 11.9 Å². The van der Waals surface area contributed by atoms with Crippen LogP contribution < -0.4 is 0 Å². The summed E-state index contributed by atoms with van der Waals surface area (Å²) >= 11 is 1.16. The molecule has 0 spiro atoms. The predicted molar refractivity (Wildman–Crippen MR) is 62.0 cm³/mol. The van der Waals surface area contributed by atoms with Crippen LogP contribution in [0.5, 0.6) is 0 Å². The first-order valence-electron chi connectivity index (χ1n) is 5.61. The van der Waals surface area contributed by atoms with Crippen molar-refractivity contribution in [2.24, 2.45) is 0 Å². The lowest BCUT2D eigenvalue weighted by Crippen LogP contribution is -2.02. The lowest BCUT2D eigenvalue weighted by Gasteiger charge is -1.99. The van der Waals surface area contributed by atoms with Crippen LogP contribution in [-0.4, -0.2) is 14.5 Å². The Balaban J connectivity index is 2.04. The molecule has 0 saturated heterocycles. The molecule has 0 aliphatic carbocycles. The van der Waals surface area contributed by atoms with Crippen molar-refractivity contribution in [2.75, 3.05) is 0 Å². The molecule has 1 aromatic heterocycles. The van der Waals surface area contributed by atoms with Gasteiger partial charge in [0.05, 0.1) is 30.0 Å². The summed E-state index contributed by atoms with van der Waals surface area (Å²) in [6.07, 6.45) is 8.82. The molecule has 3 nitrogen and oxygen atoms in total. The minimum absolute atomic E-state index is 0.291. The first kappa shape index (κ1) is 12.3. The zero-order valence-electron chi connectivity index (χ0n) is 9.24. The largest absolute Gasteiger partial charge is 0.299 e. The smallest absolute Gasteiger partial charge is 0.138 e. The molecule has 0 saturated carbocycles. The standard InChI is InChI=1S/C11H18N2OS/c1-2-3-4-5-6-7-11(14)8-10-9-12-15-13-10/h9H,2-8H2,1H3. The number of Topliss-reactive ketones (excluding diaryl/α,β-unsaturated/α-hetero) is 1. The van der Waals surface area contributed by atoms with Gasteiger partial charge in [0.2, 0.25) is 0 Å². The van der Waals surface area contributed by atoms with Crippen molar-refractivity contribution in [1.82, 2.24) is 8.75 Å². The van der Waals surface area contributed by atoms with Crippen LogP contribution in [0.4, 0.5) is 0 Å². The van der Waals surface area contributed by atoms with Crippen LogP contribution in [0, 0.1) is 0 Å². The number of hydrogen-bond acceptors (Lipinski definition) is 4. The van der Waals surface area contributed by atoms with E-state index in [1.54, 1.807) is 6.20 Å². The van der Waals surface area contributed by atoms with Crippen molar-refractivity contribution in [3.63, 3.8) is 0 Å². The van der Waals surface area contributed by atoms with Gasteiger partial charge in [-0.25, -0.2) is 0 Å². The molecule has 0 fully saturated rings. The van der Waals surface area contributed by atoms with E-state index in [4.69, 9.17) is 0 Å². The summed E-state index contributed by atoms with van der Waals surface area (Å²) in [4.78, 5) is 11.5. The van der Waals surface area contributed by atoms with Gasteiger partial charge in [-0.3, -0.25) is 4.79 Å². The van der Waals surface area contributed by atoms with Crippen LogP contribution in [0.2, 0.25) is 0 Å². The van der Waals surface area contributed by atoms with Crippen molar-refractivity contribution < 1.29 is 4.79 Å². The second-order valence-corrected chi connectivity index (χ2v) is 4.34. The van der Waals surface area contributed by atoms with Gasteiger partial charge >= 0.3 is 0 Å². The molecule has 0 amide bonds. The normalized spacial score (nSPS) is 10.5. The molecule has 0 bridgehead atoms. The molecule has 0 atom stereocenters. The molecular weight excluding hydrogens is 208 g/mol. The highest BCUT2D eigenvalue weighted by atomic mass is 32.1. The van der Waals surface area contributed by atoms with Gasteiger partial charge in [0.25, 0.3) is 0 Å². The summed E-state index contributed by atoms with van der Waals surface area (Å²) in [7, 11) is 0. The molecule has 0 aliphatic heterocycles. The highest BCUT2D eigenvalue weighted by Gasteiger charge is 2.05. The van der Waals surface area contributed by atoms with E-state index < -0.39 is 0 Å². The number of rotatable bonds is 8. The summed E-state index contributed by atoms with van der Waals surface area (Å²) in [6.45, 7) is 2.19. The topological polar surface area (TPSA) is 42.9 Å². The van der Waals surface area contributed by atoms with Crippen LogP contribution >= 0.6 is 11.7 Å². The third-order valence-corrected chi connectivity index (χ3v) is 2.86. The van der Waals surface area contributed by atoms with Crippen LogP contribution in [0.25, 0.3) is 0 Å². The first-order chi connectivity index (χ1) is 7.33. The van der Waals surface area contributed by atoms with E-state index in [9.17, 15) is 4.79 Å². The van der Waals surface area contributed by atoms with Crippen LogP contribution in [0.1, 0.15) is 51.1 Å². The van der Waals surface area contributed by atoms with E-state index in [0.717, 1.165) is 23.8 Å². The molecule has 0 aromatic carbocycles. The Morgan fingerprint density at radius 3 is 2.80 bits per heavy atom. The molecule has 0 unspecified atom stereocenters. The lowest BCUT2D eigenvalue weighted by molar-refractivity contribution is -0.118. The Morgan fingerprint density at radius 2 is 2.13 bits per heavy atom. The SMILES string of the molecule is CCCCCCCC(=O)Cc1cnsn1. The van der Waals surface area contributed by atoms with Gasteiger partial charge in [-0.05, 0) is 6.42 Å². The van der Waals surface area contributed by atoms with E-state index in [1.807, 2.05) is 0 Å². The van der Waals surface area contributed by atoms with Gasteiger partial charge in [-0.1, -0.05) is 32.6 Å². The Bertz CT molecular complexity index is 272. The average Bonchev–Trinajstić information content (AvgIpc) is 2.70. The summed E-state index contributed by atoms with van der Waals surface area (Å²) in [5.41, 5.74) is 0.818. The van der Waals surface area contributed by atoms with Crippen molar-refractivity contribution >= 4 is 17.5 Å². The third-order valence-electron chi connectivity index (χ3n) is 2.34. The van der Waals surface area contributed by atoms with Gasteiger partial charge in [-0.15, -0.1) is 0 Å². The van der Waals surface area contributed by atoms with E-state index in [2.05, 4.69) is 15.7 Å². The number of carbonyl (C=O) groups is 1. The maximum Gasteiger partial charge on any atom is 0.138 e. The average molecular weight is 226 g/mol. The molecule has 1 aromatic rings. The molecule has 4 heteroatoms. The van der Waals surface area contributed by atoms with E-state index >= 15 is 0 Å². The molecule has 0 aliphatic rings. The molecule has 84 valence electrons. The number of unbranched alkanes of at least 4 members (excludes halogenated alkanes) is 4. The summed E-state index contributed by atoms with van der Waals surface area (Å²) in [5.74, 6) is 0.291. The third kappa shape index (κ3) is 5.62. The van der Waals surface area contributed by atoms with Crippen LogP contribution in [0.3, 0.4) is 0 Å². The number of hydrogen-bond donors (Lipinski definition) is 0. The highest BCUT2D eigenvalue weighted by Crippen LogP contribution is 2.07. The molecule has 0 radical (unpaired) electrons. The Kier molecular flexibility index (Phi) is 6.16. The van der Waals surface area contributed by atoms with Gasteiger partial charge in [0.1, 0.15) is 5.78 Å². The number of carbonyl (C=O) groups excluding carboxylic acids is 1. The van der Waals surface area contributed by atoms with Gasteiger partial charge in [-0.2, -0.15) is 8.75 Å².